The van der Waals surface area contributed by atoms with E-state index in [1.165, 1.54) is 0 Å². The van der Waals surface area contributed by atoms with E-state index in [-0.39, 0.29) is 0 Å². The van der Waals surface area contributed by atoms with E-state index < -0.39 is 0 Å². The van der Waals surface area contributed by atoms with Crippen molar-refractivity contribution in [2.75, 3.05) is 0 Å². The number of rotatable bonds is 4. The zero-order chi connectivity index (χ0) is 14.8. The van der Waals surface area contributed by atoms with Crippen molar-refractivity contribution in [3.63, 3.8) is 0 Å². The van der Waals surface area contributed by atoms with Gasteiger partial charge in [0.05, 0.1) is 10.5 Å². The second kappa shape index (κ2) is 5.76. The van der Waals surface area contributed by atoms with Gasteiger partial charge in [0.25, 0.3) is 0 Å². The fraction of sp³-hybridized carbons (Fsp3) is 0.188. The van der Waals surface area contributed by atoms with E-state index in [9.17, 15) is 0 Å². The van der Waals surface area contributed by atoms with Gasteiger partial charge in [-0.25, -0.2) is 0 Å². The summed E-state index contributed by atoms with van der Waals surface area (Å²) < 4.78 is 7.65. The number of fused-ring (bicyclic) bond motifs is 1. The summed E-state index contributed by atoms with van der Waals surface area (Å²) in [5.74, 6) is 0.642. The first-order valence-electron chi connectivity index (χ1n) is 6.71. The number of aryl methyl sites for hydroxylation is 1. The summed E-state index contributed by atoms with van der Waals surface area (Å²) in [6, 6.07) is 13.7. The molecule has 2 aromatic carbocycles. The van der Waals surface area contributed by atoms with Crippen LogP contribution in [0.25, 0.3) is 10.9 Å². The molecule has 1 heterocycles. The third-order valence-electron chi connectivity index (χ3n) is 3.43. The van der Waals surface area contributed by atoms with Crippen LogP contribution in [0, 0.1) is 0 Å². The lowest BCUT2D eigenvalue weighted by atomic mass is 10.2. The minimum absolute atomic E-state index is 0.378. The van der Waals surface area contributed by atoms with Crippen LogP contribution in [0.4, 0.5) is 0 Å². The molecule has 4 nitrogen and oxygen atoms in total. The molecule has 0 radical (unpaired) electrons. The number of nitrogens with zero attached hydrogens (tertiary/aromatic N) is 2. The van der Waals surface area contributed by atoms with E-state index in [4.69, 9.17) is 22.1 Å². The molecule has 5 heteroatoms. The molecule has 0 aliphatic rings. The van der Waals surface area contributed by atoms with Gasteiger partial charge >= 0.3 is 0 Å². The van der Waals surface area contributed by atoms with Crippen LogP contribution >= 0.6 is 11.6 Å². The van der Waals surface area contributed by atoms with Crippen LogP contribution < -0.4 is 10.5 Å². The van der Waals surface area contributed by atoms with E-state index in [0.29, 0.717) is 23.9 Å². The number of hydrogen-bond acceptors (Lipinski definition) is 3. The van der Waals surface area contributed by atoms with E-state index in [1.54, 1.807) is 0 Å². The Hall–Kier alpha value is -2.04. The maximum Gasteiger partial charge on any atom is 0.138 e. The molecular formula is C16H16ClN3O. The standard InChI is InChI=1S/C16H16ClN3O/c1-20-15-5-3-2-4-12(15)14(19-20)10-21-16-7-6-11(9-18)8-13(16)17/h2-8H,9-10,18H2,1H3. The van der Waals surface area contributed by atoms with Gasteiger partial charge in [-0.2, -0.15) is 5.10 Å². The van der Waals surface area contributed by atoms with Crippen molar-refractivity contribution in [1.29, 1.82) is 0 Å². The molecule has 2 N–H and O–H groups in total. The quantitative estimate of drug-likeness (QED) is 0.804. The van der Waals surface area contributed by atoms with Crippen LogP contribution in [0.15, 0.2) is 42.5 Å². The minimum atomic E-state index is 0.378. The van der Waals surface area contributed by atoms with Gasteiger partial charge in [-0.1, -0.05) is 35.9 Å². The fourth-order valence-electron chi connectivity index (χ4n) is 2.33. The van der Waals surface area contributed by atoms with E-state index in [0.717, 1.165) is 22.2 Å². The van der Waals surface area contributed by atoms with Crippen molar-refractivity contribution in [3.05, 3.63) is 58.7 Å². The van der Waals surface area contributed by atoms with Gasteiger partial charge in [0, 0.05) is 19.0 Å². The predicted octanol–water partition coefficient (Wildman–Crippen LogP) is 3.26. The van der Waals surface area contributed by atoms with E-state index in [1.807, 2.05) is 54.2 Å². The lowest BCUT2D eigenvalue weighted by molar-refractivity contribution is 0.301. The first kappa shape index (κ1) is 13.9. The summed E-state index contributed by atoms with van der Waals surface area (Å²) in [4.78, 5) is 0. The first-order chi connectivity index (χ1) is 10.2. The number of aromatic nitrogens is 2. The van der Waals surface area contributed by atoms with Crippen LogP contribution in [0.5, 0.6) is 5.75 Å². The molecule has 0 fully saturated rings. The molecule has 0 saturated heterocycles. The van der Waals surface area contributed by atoms with Gasteiger partial charge in [-0.3, -0.25) is 4.68 Å². The second-order valence-corrected chi connectivity index (χ2v) is 5.25. The Morgan fingerprint density at radius 2 is 2.05 bits per heavy atom. The highest BCUT2D eigenvalue weighted by Gasteiger charge is 2.09. The molecular weight excluding hydrogens is 286 g/mol. The van der Waals surface area contributed by atoms with Crippen molar-refractivity contribution in [3.8, 4) is 5.75 Å². The van der Waals surface area contributed by atoms with Gasteiger partial charge < -0.3 is 10.5 Å². The SMILES string of the molecule is Cn1nc(COc2ccc(CN)cc2Cl)c2ccccc21. The second-order valence-electron chi connectivity index (χ2n) is 4.85. The Kier molecular flexibility index (Phi) is 3.82. The van der Waals surface area contributed by atoms with Crippen LogP contribution in [-0.4, -0.2) is 9.78 Å². The van der Waals surface area contributed by atoms with Crippen LogP contribution in [0.3, 0.4) is 0 Å². The van der Waals surface area contributed by atoms with Gasteiger partial charge in [0.15, 0.2) is 0 Å². The number of ether oxygens (including phenoxy) is 1. The summed E-state index contributed by atoms with van der Waals surface area (Å²) in [6.07, 6.45) is 0. The first-order valence-corrected chi connectivity index (χ1v) is 7.08. The topological polar surface area (TPSA) is 53.1 Å². The van der Waals surface area contributed by atoms with Gasteiger partial charge in [-0.15, -0.1) is 0 Å². The lowest BCUT2D eigenvalue weighted by Gasteiger charge is -2.08. The van der Waals surface area contributed by atoms with E-state index >= 15 is 0 Å². The summed E-state index contributed by atoms with van der Waals surface area (Å²) in [7, 11) is 1.93. The normalized spacial score (nSPS) is 11.0. The van der Waals surface area contributed by atoms with E-state index in [2.05, 4.69) is 5.10 Å². The molecule has 3 rings (SSSR count). The Morgan fingerprint density at radius 1 is 1.24 bits per heavy atom. The highest BCUT2D eigenvalue weighted by Crippen LogP contribution is 2.27. The fourth-order valence-corrected chi connectivity index (χ4v) is 2.59. The average Bonchev–Trinajstić information content (AvgIpc) is 2.83. The number of hydrogen-bond donors (Lipinski definition) is 1. The zero-order valence-corrected chi connectivity index (χ0v) is 12.5. The third kappa shape index (κ3) is 2.73. The molecule has 0 bridgehead atoms. The van der Waals surface area contributed by atoms with Crippen molar-refractivity contribution < 1.29 is 4.74 Å². The molecule has 1 aromatic heterocycles. The largest absolute Gasteiger partial charge is 0.486 e. The van der Waals surface area contributed by atoms with Crippen LogP contribution in [-0.2, 0) is 20.2 Å². The van der Waals surface area contributed by atoms with Crippen molar-refractivity contribution >= 4 is 22.5 Å². The minimum Gasteiger partial charge on any atom is -0.486 e. The molecule has 3 aromatic rings. The van der Waals surface area contributed by atoms with Crippen molar-refractivity contribution in [2.45, 2.75) is 13.2 Å². The average molecular weight is 302 g/mol. The van der Waals surface area contributed by atoms with Crippen LogP contribution in [0.2, 0.25) is 5.02 Å². The summed E-state index contributed by atoms with van der Waals surface area (Å²) in [5.41, 5.74) is 8.55. The lowest BCUT2D eigenvalue weighted by Crippen LogP contribution is -2.00. The van der Waals surface area contributed by atoms with Gasteiger partial charge in [0.2, 0.25) is 0 Å². The number of nitrogens with two attached hydrogens (primary N) is 1. The molecule has 0 unspecified atom stereocenters. The summed E-state index contributed by atoms with van der Waals surface area (Å²) in [5, 5.41) is 6.16. The Labute approximate surface area is 128 Å². The number of halogens is 1. The van der Waals surface area contributed by atoms with Crippen LogP contribution in [0.1, 0.15) is 11.3 Å². The molecule has 0 atom stereocenters. The summed E-state index contributed by atoms with van der Waals surface area (Å²) >= 11 is 6.19. The molecule has 108 valence electrons. The molecule has 0 amide bonds. The monoisotopic (exact) mass is 301 g/mol. The Morgan fingerprint density at radius 3 is 2.81 bits per heavy atom. The highest BCUT2D eigenvalue weighted by atomic mass is 35.5. The van der Waals surface area contributed by atoms with Gasteiger partial charge in [-0.05, 0) is 23.8 Å². The number of benzene rings is 2. The zero-order valence-electron chi connectivity index (χ0n) is 11.7. The maximum absolute atomic E-state index is 6.19. The third-order valence-corrected chi connectivity index (χ3v) is 3.73. The van der Waals surface area contributed by atoms with Crippen molar-refractivity contribution in [2.24, 2.45) is 12.8 Å². The Bertz CT molecular complexity index is 782. The predicted molar refractivity (Wildman–Crippen MR) is 84.4 cm³/mol. The molecule has 0 spiro atoms. The Balaban J connectivity index is 1.84. The van der Waals surface area contributed by atoms with Gasteiger partial charge in [0.1, 0.15) is 18.1 Å². The summed E-state index contributed by atoms with van der Waals surface area (Å²) in [6.45, 7) is 0.841. The molecule has 0 aliphatic heterocycles. The number of para-hydroxylation sites is 1. The molecule has 0 saturated carbocycles. The molecule has 21 heavy (non-hydrogen) atoms. The molecule has 0 aliphatic carbocycles. The maximum atomic E-state index is 6.19. The van der Waals surface area contributed by atoms with Crippen molar-refractivity contribution in [1.82, 2.24) is 9.78 Å². The smallest absolute Gasteiger partial charge is 0.138 e. The highest BCUT2D eigenvalue weighted by molar-refractivity contribution is 6.32.